The molecule has 9 heteroatoms. The summed E-state index contributed by atoms with van der Waals surface area (Å²) in [4.78, 5) is 25.5. The molecule has 34 heavy (non-hydrogen) atoms. The van der Waals surface area contributed by atoms with E-state index in [-0.39, 0.29) is 11.4 Å². The molecule has 8 nitrogen and oxygen atoms in total. The number of anilines is 1. The van der Waals surface area contributed by atoms with Crippen molar-refractivity contribution < 1.29 is 9.18 Å². The minimum atomic E-state index is -0.674. The molecule has 0 fully saturated rings. The molecule has 0 bridgehead atoms. The van der Waals surface area contributed by atoms with Crippen molar-refractivity contribution in [2.45, 2.75) is 39.2 Å². The van der Waals surface area contributed by atoms with Gasteiger partial charge in [-0.25, -0.2) is 9.07 Å². The number of nitrogens with zero attached hydrogens (tertiary/aromatic N) is 5. The van der Waals surface area contributed by atoms with Crippen LogP contribution in [0.3, 0.4) is 0 Å². The number of aryl methyl sites for hydroxylation is 2. The predicted octanol–water partition coefficient (Wildman–Crippen LogP) is 3.92. The van der Waals surface area contributed by atoms with E-state index in [1.165, 1.54) is 22.9 Å². The second kappa shape index (κ2) is 9.01. The molecule has 0 spiro atoms. The standard InChI is InChI=1S/C25H23FN6O2/c1-16-14-21(33)23(30-32(16)20-11-5-4-10-19(20)26)25(34)27-18-9-7-8-17(15-18)24-29-28-22-12-3-2-6-13-31(22)24/h4-5,7-11,14-15H,2-3,6,12-13H2,1H3,(H,27,34). The molecule has 172 valence electrons. The van der Waals surface area contributed by atoms with Gasteiger partial charge >= 0.3 is 0 Å². The van der Waals surface area contributed by atoms with Crippen LogP contribution >= 0.6 is 0 Å². The summed E-state index contributed by atoms with van der Waals surface area (Å²) in [5.74, 6) is 0.545. The number of fused-ring (bicyclic) bond motifs is 1. The monoisotopic (exact) mass is 458 g/mol. The first-order valence-electron chi connectivity index (χ1n) is 11.2. The van der Waals surface area contributed by atoms with Crippen molar-refractivity contribution >= 4 is 11.6 Å². The minimum Gasteiger partial charge on any atom is -0.320 e. The zero-order valence-electron chi connectivity index (χ0n) is 18.7. The van der Waals surface area contributed by atoms with Crippen LogP contribution in [-0.4, -0.2) is 30.5 Å². The Morgan fingerprint density at radius 1 is 1.03 bits per heavy atom. The molecule has 1 aliphatic rings. The van der Waals surface area contributed by atoms with Gasteiger partial charge in [0.2, 0.25) is 5.43 Å². The quantitative estimate of drug-likeness (QED) is 0.500. The Morgan fingerprint density at radius 3 is 2.74 bits per heavy atom. The third-order valence-electron chi connectivity index (χ3n) is 5.89. The van der Waals surface area contributed by atoms with E-state index in [4.69, 9.17) is 0 Å². The lowest BCUT2D eigenvalue weighted by Gasteiger charge is -2.12. The van der Waals surface area contributed by atoms with Crippen LogP contribution in [0, 0.1) is 12.7 Å². The molecule has 0 saturated heterocycles. The summed E-state index contributed by atoms with van der Waals surface area (Å²) >= 11 is 0. The van der Waals surface area contributed by atoms with E-state index >= 15 is 0 Å². The van der Waals surface area contributed by atoms with Crippen molar-refractivity contribution in [2.24, 2.45) is 0 Å². The van der Waals surface area contributed by atoms with Crippen LogP contribution < -0.4 is 10.7 Å². The highest BCUT2D eigenvalue weighted by molar-refractivity contribution is 6.03. The molecule has 1 amide bonds. The normalized spacial score (nSPS) is 13.2. The Hall–Kier alpha value is -4.14. The van der Waals surface area contributed by atoms with E-state index in [2.05, 4.69) is 25.2 Å². The number of hydrogen-bond acceptors (Lipinski definition) is 5. The summed E-state index contributed by atoms with van der Waals surface area (Å²) in [7, 11) is 0. The highest BCUT2D eigenvalue weighted by atomic mass is 19.1. The van der Waals surface area contributed by atoms with Gasteiger partial charge in [0.1, 0.15) is 17.3 Å². The van der Waals surface area contributed by atoms with Crippen LogP contribution in [0.2, 0.25) is 0 Å². The van der Waals surface area contributed by atoms with E-state index in [0.717, 1.165) is 49.4 Å². The van der Waals surface area contributed by atoms with Crippen LogP contribution in [0.25, 0.3) is 17.1 Å². The molecule has 5 rings (SSSR count). The Labute approximate surface area is 195 Å². The molecular weight excluding hydrogens is 435 g/mol. The average Bonchev–Trinajstić information content (AvgIpc) is 3.08. The van der Waals surface area contributed by atoms with E-state index in [1.54, 1.807) is 31.2 Å². The number of nitrogens with one attached hydrogen (secondary N) is 1. The lowest BCUT2D eigenvalue weighted by molar-refractivity contribution is 0.101. The molecular formula is C25H23FN6O2. The van der Waals surface area contributed by atoms with Crippen LogP contribution in [-0.2, 0) is 13.0 Å². The van der Waals surface area contributed by atoms with Gasteiger partial charge in [-0.05, 0) is 44.0 Å². The number of halogens is 1. The summed E-state index contributed by atoms with van der Waals surface area (Å²) in [6.07, 6.45) is 4.23. The average molecular weight is 458 g/mol. The van der Waals surface area contributed by atoms with Crippen molar-refractivity contribution in [1.82, 2.24) is 24.5 Å². The van der Waals surface area contributed by atoms with Crippen LogP contribution in [0.1, 0.15) is 41.3 Å². The van der Waals surface area contributed by atoms with E-state index in [9.17, 15) is 14.0 Å². The van der Waals surface area contributed by atoms with Crippen molar-refractivity contribution in [1.29, 1.82) is 0 Å². The number of benzene rings is 2. The number of amides is 1. The summed E-state index contributed by atoms with van der Waals surface area (Å²) < 4.78 is 17.7. The molecule has 0 saturated carbocycles. The predicted molar refractivity (Wildman–Crippen MR) is 125 cm³/mol. The molecule has 1 N–H and O–H groups in total. The third kappa shape index (κ3) is 4.12. The van der Waals surface area contributed by atoms with Gasteiger partial charge in [0.25, 0.3) is 5.91 Å². The summed E-state index contributed by atoms with van der Waals surface area (Å²) in [5, 5.41) is 15.6. The van der Waals surface area contributed by atoms with Gasteiger partial charge in [-0.1, -0.05) is 30.7 Å². The van der Waals surface area contributed by atoms with E-state index in [1.807, 2.05) is 12.1 Å². The molecule has 4 aromatic rings. The van der Waals surface area contributed by atoms with Gasteiger partial charge in [0, 0.05) is 36.0 Å². The molecule has 0 unspecified atom stereocenters. The van der Waals surface area contributed by atoms with Crippen molar-refractivity contribution in [3.63, 3.8) is 0 Å². The Kier molecular flexibility index (Phi) is 5.75. The fourth-order valence-corrected chi connectivity index (χ4v) is 4.20. The molecule has 3 heterocycles. The molecule has 1 aliphatic heterocycles. The first-order chi connectivity index (χ1) is 16.5. The first-order valence-corrected chi connectivity index (χ1v) is 11.2. The fourth-order valence-electron chi connectivity index (χ4n) is 4.20. The highest BCUT2D eigenvalue weighted by Crippen LogP contribution is 2.25. The van der Waals surface area contributed by atoms with Crippen LogP contribution in [0.5, 0.6) is 0 Å². The fraction of sp³-hybridized carbons (Fsp3) is 0.240. The zero-order valence-corrected chi connectivity index (χ0v) is 18.7. The number of para-hydroxylation sites is 1. The van der Waals surface area contributed by atoms with Gasteiger partial charge in [-0.3, -0.25) is 9.59 Å². The number of carbonyl (C=O) groups is 1. The minimum absolute atomic E-state index is 0.156. The first kappa shape index (κ1) is 21.7. The highest BCUT2D eigenvalue weighted by Gasteiger charge is 2.19. The van der Waals surface area contributed by atoms with Gasteiger partial charge < -0.3 is 9.88 Å². The van der Waals surface area contributed by atoms with Gasteiger partial charge in [-0.2, -0.15) is 5.10 Å². The van der Waals surface area contributed by atoms with Crippen molar-refractivity contribution in [3.8, 4) is 17.1 Å². The largest absolute Gasteiger partial charge is 0.320 e. The molecule has 2 aromatic carbocycles. The van der Waals surface area contributed by atoms with E-state index < -0.39 is 17.2 Å². The smallest absolute Gasteiger partial charge is 0.280 e. The lowest BCUT2D eigenvalue weighted by atomic mass is 10.1. The number of rotatable bonds is 4. The van der Waals surface area contributed by atoms with Crippen LogP contribution in [0.15, 0.2) is 59.4 Å². The summed E-state index contributed by atoms with van der Waals surface area (Å²) in [6.45, 7) is 2.49. The molecule has 0 atom stereocenters. The van der Waals surface area contributed by atoms with Gasteiger partial charge in [0.15, 0.2) is 11.5 Å². The number of carbonyl (C=O) groups excluding carboxylic acids is 1. The maximum atomic E-state index is 14.3. The maximum absolute atomic E-state index is 14.3. The third-order valence-corrected chi connectivity index (χ3v) is 5.89. The van der Waals surface area contributed by atoms with Gasteiger partial charge in [0.05, 0.1) is 0 Å². The Balaban J connectivity index is 1.45. The van der Waals surface area contributed by atoms with Crippen molar-refractivity contribution in [3.05, 3.63) is 87.9 Å². The second-order valence-corrected chi connectivity index (χ2v) is 8.30. The van der Waals surface area contributed by atoms with Crippen molar-refractivity contribution in [2.75, 3.05) is 5.32 Å². The summed E-state index contributed by atoms with van der Waals surface area (Å²) in [6, 6.07) is 14.6. The van der Waals surface area contributed by atoms with Gasteiger partial charge in [-0.15, -0.1) is 10.2 Å². The zero-order chi connectivity index (χ0) is 23.7. The Bertz CT molecular complexity index is 1440. The molecule has 0 radical (unpaired) electrons. The van der Waals surface area contributed by atoms with Crippen LogP contribution in [0.4, 0.5) is 10.1 Å². The Morgan fingerprint density at radius 2 is 1.88 bits per heavy atom. The number of hydrogen-bond donors (Lipinski definition) is 1. The number of aromatic nitrogens is 5. The SMILES string of the molecule is Cc1cc(=O)c(C(=O)Nc2cccc(-c3nnc4n3CCCCC4)c2)nn1-c1ccccc1F. The second-order valence-electron chi connectivity index (χ2n) is 8.30. The topological polar surface area (TPSA) is 94.7 Å². The van der Waals surface area contributed by atoms with E-state index in [0.29, 0.717) is 11.4 Å². The molecule has 0 aliphatic carbocycles. The lowest BCUT2D eigenvalue weighted by Crippen LogP contribution is -2.27. The summed E-state index contributed by atoms with van der Waals surface area (Å²) in [5.41, 5.74) is 1.02. The maximum Gasteiger partial charge on any atom is 0.280 e. The molecule has 2 aromatic heterocycles.